The fraction of sp³-hybridized carbons (Fsp3) is 0.333. The van der Waals surface area contributed by atoms with Crippen molar-refractivity contribution in [2.75, 3.05) is 27.7 Å². The molecule has 20 heavy (non-hydrogen) atoms. The number of carbonyl (C=O) groups excluding carboxylic acids is 1. The van der Waals surface area contributed by atoms with Crippen LogP contribution in [0.4, 0.5) is 0 Å². The van der Waals surface area contributed by atoms with Crippen LogP contribution >= 0.6 is 0 Å². The van der Waals surface area contributed by atoms with Crippen molar-refractivity contribution < 1.29 is 4.79 Å². The molecular formula is C15H20N4O. The van der Waals surface area contributed by atoms with Gasteiger partial charge in [-0.25, -0.2) is 4.68 Å². The molecule has 5 heteroatoms. The average Bonchev–Trinajstić information content (AvgIpc) is 2.93. The number of hydrogen-bond donors (Lipinski definition) is 0. The molecule has 1 aromatic carbocycles. The van der Waals surface area contributed by atoms with Crippen molar-refractivity contribution in [2.24, 2.45) is 0 Å². The van der Waals surface area contributed by atoms with Crippen molar-refractivity contribution in [3.05, 3.63) is 48.3 Å². The van der Waals surface area contributed by atoms with Crippen LogP contribution in [0.5, 0.6) is 0 Å². The molecule has 0 saturated carbocycles. The summed E-state index contributed by atoms with van der Waals surface area (Å²) in [5.74, 6) is 0.112. The molecule has 0 bridgehead atoms. The first-order valence-electron chi connectivity index (χ1n) is 6.54. The number of amides is 1. The van der Waals surface area contributed by atoms with E-state index in [4.69, 9.17) is 0 Å². The Kier molecular flexibility index (Phi) is 4.53. The Balaban J connectivity index is 1.95. The predicted octanol–water partition coefficient (Wildman–Crippen LogP) is 1.39. The highest BCUT2D eigenvalue weighted by molar-refractivity contribution is 5.77. The molecule has 0 radical (unpaired) electrons. The average molecular weight is 272 g/mol. The molecule has 0 N–H and O–H groups in total. The van der Waals surface area contributed by atoms with Crippen LogP contribution in [0.1, 0.15) is 5.56 Å². The van der Waals surface area contributed by atoms with Gasteiger partial charge in [-0.3, -0.25) is 9.69 Å². The highest BCUT2D eigenvalue weighted by Gasteiger charge is 2.08. The molecule has 0 atom stereocenters. The Morgan fingerprint density at radius 3 is 2.45 bits per heavy atom. The van der Waals surface area contributed by atoms with Gasteiger partial charge in [0.15, 0.2) is 0 Å². The maximum Gasteiger partial charge on any atom is 0.236 e. The number of likely N-dealkylation sites (N-methyl/N-ethyl adjacent to an activating group) is 2. The smallest absolute Gasteiger partial charge is 0.236 e. The van der Waals surface area contributed by atoms with Gasteiger partial charge in [-0.15, -0.1) is 0 Å². The van der Waals surface area contributed by atoms with E-state index in [1.54, 1.807) is 25.2 Å². The molecule has 0 aliphatic heterocycles. The van der Waals surface area contributed by atoms with Gasteiger partial charge in [-0.2, -0.15) is 5.10 Å². The topological polar surface area (TPSA) is 41.4 Å². The molecule has 1 heterocycles. The second kappa shape index (κ2) is 6.34. The number of aromatic nitrogens is 2. The van der Waals surface area contributed by atoms with Crippen LogP contribution in [0.3, 0.4) is 0 Å². The molecule has 2 aromatic rings. The predicted molar refractivity (Wildman–Crippen MR) is 78.6 cm³/mol. The Bertz CT molecular complexity index is 546. The van der Waals surface area contributed by atoms with Crippen LogP contribution in [0, 0.1) is 0 Å². The zero-order chi connectivity index (χ0) is 14.5. The van der Waals surface area contributed by atoms with E-state index in [2.05, 4.69) is 17.2 Å². The van der Waals surface area contributed by atoms with Gasteiger partial charge >= 0.3 is 0 Å². The van der Waals surface area contributed by atoms with Gasteiger partial charge in [0.2, 0.25) is 5.91 Å². The van der Waals surface area contributed by atoms with Gasteiger partial charge in [-0.05, 0) is 30.8 Å². The van der Waals surface area contributed by atoms with Crippen molar-refractivity contribution in [3.8, 4) is 5.69 Å². The maximum absolute atomic E-state index is 11.6. The number of rotatable bonds is 5. The first-order valence-corrected chi connectivity index (χ1v) is 6.54. The second-order valence-electron chi connectivity index (χ2n) is 5.08. The van der Waals surface area contributed by atoms with Crippen molar-refractivity contribution in [2.45, 2.75) is 6.54 Å². The molecule has 5 nitrogen and oxygen atoms in total. The first kappa shape index (κ1) is 14.3. The van der Waals surface area contributed by atoms with Crippen LogP contribution in [-0.2, 0) is 11.3 Å². The summed E-state index contributed by atoms with van der Waals surface area (Å²) in [5.41, 5.74) is 2.21. The van der Waals surface area contributed by atoms with E-state index in [1.807, 2.05) is 41.0 Å². The van der Waals surface area contributed by atoms with Crippen molar-refractivity contribution >= 4 is 5.91 Å². The Morgan fingerprint density at radius 2 is 1.90 bits per heavy atom. The van der Waals surface area contributed by atoms with Crippen LogP contribution in [-0.4, -0.2) is 53.2 Å². The third-order valence-corrected chi connectivity index (χ3v) is 3.06. The Labute approximate surface area is 119 Å². The zero-order valence-corrected chi connectivity index (χ0v) is 12.2. The summed E-state index contributed by atoms with van der Waals surface area (Å²) in [6, 6.07) is 10.1. The van der Waals surface area contributed by atoms with Gasteiger partial charge in [0, 0.05) is 33.0 Å². The van der Waals surface area contributed by atoms with E-state index in [0.29, 0.717) is 6.54 Å². The van der Waals surface area contributed by atoms with Crippen molar-refractivity contribution in [1.29, 1.82) is 0 Å². The Morgan fingerprint density at radius 1 is 1.20 bits per heavy atom. The van der Waals surface area contributed by atoms with Crippen LogP contribution < -0.4 is 0 Å². The van der Waals surface area contributed by atoms with E-state index in [1.165, 1.54) is 5.56 Å². The summed E-state index contributed by atoms with van der Waals surface area (Å²) < 4.78 is 1.82. The van der Waals surface area contributed by atoms with E-state index >= 15 is 0 Å². The fourth-order valence-corrected chi connectivity index (χ4v) is 1.92. The van der Waals surface area contributed by atoms with Crippen LogP contribution in [0.15, 0.2) is 42.7 Å². The summed E-state index contributed by atoms with van der Waals surface area (Å²) in [6.07, 6.45) is 3.67. The minimum absolute atomic E-state index is 0.112. The van der Waals surface area contributed by atoms with E-state index in [0.717, 1.165) is 12.2 Å². The van der Waals surface area contributed by atoms with Crippen molar-refractivity contribution in [1.82, 2.24) is 19.6 Å². The van der Waals surface area contributed by atoms with E-state index in [9.17, 15) is 4.79 Å². The largest absolute Gasteiger partial charge is 0.348 e. The summed E-state index contributed by atoms with van der Waals surface area (Å²) in [5, 5.41) is 4.19. The quantitative estimate of drug-likeness (QED) is 0.826. The van der Waals surface area contributed by atoms with Gasteiger partial charge in [0.05, 0.1) is 12.2 Å². The highest BCUT2D eigenvalue weighted by Crippen LogP contribution is 2.10. The van der Waals surface area contributed by atoms with Gasteiger partial charge < -0.3 is 4.90 Å². The van der Waals surface area contributed by atoms with Crippen LogP contribution in [0.2, 0.25) is 0 Å². The number of nitrogens with zero attached hydrogens (tertiary/aromatic N) is 4. The Hall–Kier alpha value is -2.14. The van der Waals surface area contributed by atoms with E-state index in [-0.39, 0.29) is 5.91 Å². The molecule has 0 fully saturated rings. The van der Waals surface area contributed by atoms with Gasteiger partial charge in [-0.1, -0.05) is 12.1 Å². The lowest BCUT2D eigenvalue weighted by atomic mass is 10.2. The molecule has 0 spiro atoms. The maximum atomic E-state index is 11.6. The minimum atomic E-state index is 0.112. The summed E-state index contributed by atoms with van der Waals surface area (Å²) in [4.78, 5) is 15.2. The summed E-state index contributed by atoms with van der Waals surface area (Å²) in [7, 11) is 5.49. The second-order valence-corrected chi connectivity index (χ2v) is 5.08. The molecule has 0 aliphatic rings. The molecule has 1 aromatic heterocycles. The summed E-state index contributed by atoms with van der Waals surface area (Å²) in [6.45, 7) is 1.17. The molecular weight excluding hydrogens is 252 g/mol. The number of carbonyl (C=O) groups is 1. The minimum Gasteiger partial charge on any atom is -0.348 e. The fourth-order valence-electron chi connectivity index (χ4n) is 1.92. The number of benzene rings is 1. The molecule has 106 valence electrons. The first-order chi connectivity index (χ1) is 9.56. The lowest BCUT2D eigenvalue weighted by molar-refractivity contribution is -0.129. The molecule has 0 unspecified atom stereocenters. The zero-order valence-electron chi connectivity index (χ0n) is 12.2. The molecule has 0 aliphatic carbocycles. The number of hydrogen-bond acceptors (Lipinski definition) is 3. The van der Waals surface area contributed by atoms with Crippen LogP contribution in [0.25, 0.3) is 5.69 Å². The lowest BCUT2D eigenvalue weighted by Gasteiger charge is -2.19. The standard InChI is InChI=1S/C15H20N4O/c1-17(2)15(20)12-18(3)11-13-5-7-14(8-6-13)19-10-4-9-16-19/h4-10H,11-12H2,1-3H3. The normalized spacial score (nSPS) is 10.8. The van der Waals surface area contributed by atoms with Crippen molar-refractivity contribution in [3.63, 3.8) is 0 Å². The SMILES string of the molecule is CN(CC(=O)N(C)C)Cc1ccc(-n2cccn2)cc1. The molecule has 0 saturated heterocycles. The van der Waals surface area contributed by atoms with Gasteiger partial charge in [0.1, 0.15) is 0 Å². The summed E-state index contributed by atoms with van der Waals surface area (Å²) >= 11 is 0. The third-order valence-electron chi connectivity index (χ3n) is 3.06. The monoisotopic (exact) mass is 272 g/mol. The van der Waals surface area contributed by atoms with Gasteiger partial charge in [0.25, 0.3) is 0 Å². The third kappa shape index (κ3) is 3.68. The molecule has 1 amide bonds. The highest BCUT2D eigenvalue weighted by atomic mass is 16.2. The lowest BCUT2D eigenvalue weighted by Crippen LogP contribution is -2.34. The van der Waals surface area contributed by atoms with E-state index < -0.39 is 0 Å². The molecule has 2 rings (SSSR count).